The van der Waals surface area contributed by atoms with Gasteiger partial charge in [-0.1, -0.05) is 212 Å². The third kappa shape index (κ3) is 44.1. The third-order valence-electron chi connectivity index (χ3n) is 10.4. The maximum Gasteiger partial charge on any atom is 0.305 e. The Morgan fingerprint density at radius 2 is 0.830 bits per heavy atom. The zero-order valence-corrected chi connectivity index (χ0v) is 36.6. The minimum absolute atomic E-state index is 0.00486. The molecule has 0 spiro atoms. The Labute approximate surface area is 329 Å². The fraction of sp³-hybridized carbons (Fsp3) is 0.977. The van der Waals surface area contributed by atoms with Crippen molar-refractivity contribution in [2.24, 2.45) is 0 Å². The summed E-state index contributed by atoms with van der Waals surface area (Å²) in [5.41, 5.74) is 0. The number of ether oxygens (including phenoxy) is 1. The molecule has 0 saturated carbocycles. The zero-order chi connectivity index (χ0) is 39.1. The van der Waals surface area contributed by atoms with E-state index in [2.05, 4.69) is 6.92 Å². The number of unbranched alkanes of at least 4 members (excludes halogenated alkanes) is 32. The fourth-order valence-electron chi connectivity index (χ4n) is 6.77. The van der Waals surface area contributed by atoms with Crippen LogP contribution in [-0.4, -0.2) is 69.2 Å². The van der Waals surface area contributed by atoms with Gasteiger partial charge in [-0.3, -0.25) is 9.36 Å². The molecule has 0 aromatic carbocycles. The molecule has 0 aromatic rings. The van der Waals surface area contributed by atoms with Gasteiger partial charge in [-0.2, -0.15) is 0 Å². The first kappa shape index (κ1) is 52.5. The van der Waals surface area contributed by atoms with Crippen molar-refractivity contribution in [1.82, 2.24) is 0 Å². The molecule has 318 valence electrons. The number of nitrogens with zero attached hydrogens (tertiary/aromatic N) is 1. The summed E-state index contributed by atoms with van der Waals surface area (Å²) in [7, 11) is 1.26. The number of hydrogen-bond donors (Lipinski definition) is 1. The van der Waals surface area contributed by atoms with Gasteiger partial charge < -0.3 is 28.3 Å². The standard InChI is InChI=1S/C44H90NO7P/c1-5-6-7-8-9-10-11-12-13-14-15-16-17-18-19-20-21-22-23-24-25-26-27-28-29-30-31-32-33-34-35-36-37-38-44(47)50-41-43(46)42-52-53(48,49)51-40-39-45(2,3)4/h43,46H,5-42H2,1-4H3. The van der Waals surface area contributed by atoms with E-state index in [9.17, 15) is 19.4 Å². The Bertz CT molecular complexity index is 822. The number of hydrogen-bond acceptors (Lipinski definition) is 7. The van der Waals surface area contributed by atoms with Gasteiger partial charge in [0.05, 0.1) is 27.7 Å². The van der Waals surface area contributed by atoms with Crippen LogP contribution >= 0.6 is 7.82 Å². The van der Waals surface area contributed by atoms with Gasteiger partial charge in [0.2, 0.25) is 0 Å². The van der Waals surface area contributed by atoms with E-state index in [1.54, 1.807) is 0 Å². The van der Waals surface area contributed by atoms with Crippen LogP contribution in [0.4, 0.5) is 0 Å². The summed E-state index contributed by atoms with van der Waals surface area (Å²) >= 11 is 0. The molecular weight excluding hydrogens is 685 g/mol. The number of phosphoric ester groups is 1. The molecule has 0 aliphatic rings. The Kier molecular flexibility index (Phi) is 38.0. The highest BCUT2D eigenvalue weighted by molar-refractivity contribution is 7.45. The van der Waals surface area contributed by atoms with Gasteiger partial charge in [0.25, 0.3) is 7.82 Å². The molecule has 2 unspecified atom stereocenters. The number of quaternary nitrogens is 1. The molecule has 0 aliphatic carbocycles. The maximum atomic E-state index is 11.9. The molecule has 0 aromatic heterocycles. The fourth-order valence-corrected chi connectivity index (χ4v) is 7.51. The summed E-state index contributed by atoms with van der Waals surface area (Å²) in [6.07, 6.45) is 44.5. The molecule has 2 atom stereocenters. The summed E-state index contributed by atoms with van der Waals surface area (Å²) < 4.78 is 26.9. The Balaban J connectivity index is 3.29. The monoisotopic (exact) mass is 776 g/mol. The van der Waals surface area contributed by atoms with Crippen molar-refractivity contribution >= 4 is 13.8 Å². The normalized spacial score (nSPS) is 13.7. The number of likely N-dealkylation sites (N-methyl/N-ethyl adjacent to an activating group) is 1. The summed E-state index contributed by atoms with van der Waals surface area (Å²) in [6, 6.07) is 0. The number of carbonyl (C=O) groups excluding carboxylic acids is 1. The summed E-state index contributed by atoms with van der Waals surface area (Å²) in [5, 5.41) is 9.89. The second-order valence-corrected chi connectivity index (χ2v) is 18.4. The molecule has 0 radical (unpaired) electrons. The van der Waals surface area contributed by atoms with Crippen molar-refractivity contribution in [1.29, 1.82) is 0 Å². The molecule has 9 heteroatoms. The highest BCUT2D eigenvalue weighted by Gasteiger charge is 2.17. The summed E-state index contributed by atoms with van der Waals surface area (Å²) in [6.45, 7) is 1.99. The van der Waals surface area contributed by atoms with Crippen molar-refractivity contribution < 1.29 is 37.6 Å². The SMILES string of the molecule is CCCCCCCCCCCCCCCCCCCCCCCCCCCCCCCCCCCC(=O)OCC(O)COP(=O)([O-])OCC[N+](C)(C)C. The first-order valence-electron chi connectivity index (χ1n) is 22.8. The van der Waals surface area contributed by atoms with E-state index in [1.807, 2.05) is 21.1 Å². The van der Waals surface area contributed by atoms with Crippen molar-refractivity contribution in [3.8, 4) is 0 Å². The van der Waals surface area contributed by atoms with Gasteiger partial charge in [-0.25, -0.2) is 0 Å². The summed E-state index contributed by atoms with van der Waals surface area (Å²) in [5.74, 6) is -0.380. The largest absolute Gasteiger partial charge is 0.756 e. The number of aliphatic hydroxyl groups excluding tert-OH is 1. The van der Waals surface area contributed by atoms with Crippen LogP contribution in [0.5, 0.6) is 0 Å². The van der Waals surface area contributed by atoms with Crippen LogP contribution in [0.2, 0.25) is 0 Å². The van der Waals surface area contributed by atoms with Gasteiger partial charge in [0.1, 0.15) is 25.9 Å². The van der Waals surface area contributed by atoms with Gasteiger partial charge in [0, 0.05) is 6.42 Å². The first-order chi connectivity index (χ1) is 25.6. The molecule has 0 aliphatic heterocycles. The Hall–Kier alpha value is -0.500. The van der Waals surface area contributed by atoms with Crippen LogP contribution in [-0.2, 0) is 23.1 Å². The van der Waals surface area contributed by atoms with Gasteiger partial charge in [0.15, 0.2) is 0 Å². The number of esters is 1. The molecule has 0 amide bonds. The molecule has 0 fully saturated rings. The molecule has 1 N–H and O–H groups in total. The van der Waals surface area contributed by atoms with Crippen molar-refractivity contribution in [3.05, 3.63) is 0 Å². The second kappa shape index (κ2) is 38.4. The minimum atomic E-state index is -4.50. The van der Waals surface area contributed by atoms with Gasteiger partial charge in [-0.05, 0) is 6.42 Å². The van der Waals surface area contributed by atoms with E-state index in [0.717, 1.165) is 19.3 Å². The number of carbonyl (C=O) groups is 1. The van der Waals surface area contributed by atoms with Crippen molar-refractivity contribution in [3.63, 3.8) is 0 Å². The second-order valence-electron chi connectivity index (χ2n) is 17.0. The highest BCUT2D eigenvalue weighted by atomic mass is 31.2. The minimum Gasteiger partial charge on any atom is -0.756 e. The maximum absolute atomic E-state index is 11.9. The van der Waals surface area contributed by atoms with E-state index in [1.165, 1.54) is 193 Å². The highest BCUT2D eigenvalue weighted by Crippen LogP contribution is 2.38. The first-order valence-corrected chi connectivity index (χ1v) is 24.3. The molecule has 53 heavy (non-hydrogen) atoms. The van der Waals surface area contributed by atoms with E-state index in [4.69, 9.17) is 13.8 Å². The Morgan fingerprint density at radius 1 is 0.528 bits per heavy atom. The molecule has 8 nitrogen and oxygen atoms in total. The lowest BCUT2D eigenvalue weighted by atomic mass is 10.0. The van der Waals surface area contributed by atoms with Crippen LogP contribution in [0.25, 0.3) is 0 Å². The molecule has 0 heterocycles. The number of rotatable bonds is 43. The predicted molar refractivity (Wildman–Crippen MR) is 222 cm³/mol. The predicted octanol–water partition coefficient (Wildman–Crippen LogP) is 12.4. The lowest BCUT2D eigenvalue weighted by molar-refractivity contribution is -0.870. The van der Waals surface area contributed by atoms with Gasteiger partial charge >= 0.3 is 5.97 Å². The smallest absolute Gasteiger partial charge is 0.305 e. The van der Waals surface area contributed by atoms with Crippen LogP contribution < -0.4 is 4.89 Å². The molecular formula is C44H90NO7P. The van der Waals surface area contributed by atoms with Crippen LogP contribution in [0, 0.1) is 0 Å². The Morgan fingerprint density at radius 3 is 1.13 bits per heavy atom. The average molecular weight is 776 g/mol. The average Bonchev–Trinajstić information content (AvgIpc) is 3.11. The van der Waals surface area contributed by atoms with Gasteiger partial charge in [-0.15, -0.1) is 0 Å². The number of aliphatic hydroxyl groups is 1. The van der Waals surface area contributed by atoms with Crippen molar-refractivity contribution in [2.45, 2.75) is 231 Å². The molecule has 0 rings (SSSR count). The summed E-state index contributed by atoms with van der Waals surface area (Å²) in [4.78, 5) is 23.7. The van der Waals surface area contributed by atoms with E-state index < -0.39 is 20.5 Å². The van der Waals surface area contributed by atoms with Crippen LogP contribution in [0.15, 0.2) is 0 Å². The topological polar surface area (TPSA) is 105 Å². The van der Waals surface area contributed by atoms with Crippen LogP contribution in [0.3, 0.4) is 0 Å². The third-order valence-corrected chi connectivity index (χ3v) is 11.3. The molecule has 0 bridgehead atoms. The van der Waals surface area contributed by atoms with E-state index in [0.29, 0.717) is 17.4 Å². The van der Waals surface area contributed by atoms with E-state index in [-0.39, 0.29) is 19.2 Å². The quantitative estimate of drug-likeness (QED) is 0.0284. The lowest BCUT2D eigenvalue weighted by Crippen LogP contribution is -2.37. The lowest BCUT2D eigenvalue weighted by Gasteiger charge is -2.27. The molecule has 0 saturated heterocycles. The zero-order valence-electron chi connectivity index (χ0n) is 35.7. The van der Waals surface area contributed by atoms with Crippen LogP contribution in [0.1, 0.15) is 225 Å². The van der Waals surface area contributed by atoms with Crippen molar-refractivity contribution in [2.75, 3.05) is 47.5 Å². The number of phosphoric acid groups is 1. The van der Waals surface area contributed by atoms with E-state index >= 15 is 0 Å².